The summed E-state index contributed by atoms with van der Waals surface area (Å²) in [6, 6.07) is 0. The fourth-order valence-electron chi connectivity index (χ4n) is 2.89. The molecule has 0 bridgehead atoms. The molecule has 0 atom stereocenters. The average molecular weight is 358 g/mol. The van der Waals surface area contributed by atoms with Crippen LogP contribution in [0.4, 0.5) is 5.82 Å². The molecule has 0 unspecified atom stereocenters. The summed E-state index contributed by atoms with van der Waals surface area (Å²) in [6.07, 6.45) is 4.13. The molecule has 21 heavy (non-hydrogen) atoms. The lowest BCUT2D eigenvalue weighted by Crippen LogP contribution is -2.36. The van der Waals surface area contributed by atoms with Gasteiger partial charge in [0.05, 0.1) is 16.8 Å². The summed E-state index contributed by atoms with van der Waals surface area (Å²) in [4.78, 5) is 9.17. The van der Waals surface area contributed by atoms with Gasteiger partial charge in [0.25, 0.3) is 0 Å². The molecular weight excluding hydrogens is 334 g/mol. The van der Waals surface area contributed by atoms with E-state index in [0.29, 0.717) is 29.3 Å². The Kier molecular flexibility index (Phi) is 5.57. The number of halogens is 1. The van der Waals surface area contributed by atoms with Crippen LogP contribution >= 0.6 is 15.9 Å². The van der Waals surface area contributed by atoms with E-state index >= 15 is 0 Å². The zero-order chi connectivity index (χ0) is 15.5. The Hall–Kier alpha value is -0.720. The van der Waals surface area contributed by atoms with E-state index in [4.69, 9.17) is 15.2 Å². The monoisotopic (exact) mass is 357 g/mol. The maximum absolute atomic E-state index is 6.10. The molecule has 6 heteroatoms. The predicted molar refractivity (Wildman–Crippen MR) is 85.8 cm³/mol. The Labute approximate surface area is 134 Å². The van der Waals surface area contributed by atoms with E-state index in [2.05, 4.69) is 32.8 Å². The molecule has 0 aromatic carbocycles. The number of ether oxygens (including phenoxy) is 2. The first-order chi connectivity index (χ1) is 10.0. The number of nitrogens with zero attached hydrogens (tertiary/aromatic N) is 2. The Balaban J connectivity index is 2.40. The maximum Gasteiger partial charge on any atom is 0.163 e. The molecule has 1 heterocycles. The van der Waals surface area contributed by atoms with Crippen molar-refractivity contribution in [2.24, 2.45) is 5.92 Å². The largest absolute Gasteiger partial charge is 0.383 e. The average Bonchev–Trinajstić information content (AvgIpc) is 2.47. The second-order valence-electron chi connectivity index (χ2n) is 5.74. The number of hydrogen-bond acceptors (Lipinski definition) is 5. The summed E-state index contributed by atoms with van der Waals surface area (Å²) in [5.74, 6) is 1.87. The van der Waals surface area contributed by atoms with Crippen LogP contribution < -0.4 is 5.73 Å². The summed E-state index contributed by atoms with van der Waals surface area (Å²) in [7, 11) is 1.64. The van der Waals surface area contributed by atoms with Crippen molar-refractivity contribution in [2.45, 2.75) is 51.7 Å². The van der Waals surface area contributed by atoms with Crippen LogP contribution in [0.5, 0.6) is 0 Å². The zero-order valence-corrected chi connectivity index (χ0v) is 14.6. The van der Waals surface area contributed by atoms with Gasteiger partial charge < -0.3 is 15.2 Å². The Morgan fingerprint density at radius 1 is 1.33 bits per heavy atom. The number of nitrogens with two attached hydrogens (primary N) is 1. The first-order valence-corrected chi connectivity index (χ1v) is 8.27. The Bertz CT molecular complexity index is 488. The van der Waals surface area contributed by atoms with Crippen LogP contribution in [0.2, 0.25) is 0 Å². The first kappa shape index (κ1) is 16.6. The molecule has 0 amide bonds. The van der Waals surface area contributed by atoms with Crippen molar-refractivity contribution in [3.63, 3.8) is 0 Å². The molecule has 2 rings (SSSR count). The molecule has 1 aromatic rings. The second-order valence-corrected chi connectivity index (χ2v) is 6.53. The van der Waals surface area contributed by atoms with Crippen molar-refractivity contribution in [1.82, 2.24) is 9.97 Å². The molecule has 2 N–H and O–H groups in total. The highest BCUT2D eigenvalue weighted by Crippen LogP contribution is 2.42. The number of nitrogen functional groups attached to an aromatic ring is 1. The van der Waals surface area contributed by atoms with E-state index in [0.717, 1.165) is 37.3 Å². The van der Waals surface area contributed by atoms with Crippen LogP contribution in [0, 0.1) is 5.92 Å². The molecule has 118 valence electrons. The highest BCUT2D eigenvalue weighted by atomic mass is 79.9. The number of rotatable bonds is 5. The SMILES string of the molecule is CCOC1(c2nc(N)c(Br)c(COC)n2)CCC(C)CC1. The standard InChI is InChI=1S/C15H24BrN3O2/c1-4-21-15(7-5-10(2)6-8-15)14-18-11(9-20-3)12(16)13(17)19-14/h10H,4-9H2,1-3H3,(H2,17,18,19). The van der Waals surface area contributed by atoms with Crippen molar-refractivity contribution >= 4 is 21.7 Å². The fraction of sp³-hybridized carbons (Fsp3) is 0.733. The van der Waals surface area contributed by atoms with Gasteiger partial charge >= 0.3 is 0 Å². The smallest absolute Gasteiger partial charge is 0.163 e. The third-order valence-electron chi connectivity index (χ3n) is 4.14. The summed E-state index contributed by atoms with van der Waals surface area (Å²) < 4.78 is 12.0. The van der Waals surface area contributed by atoms with E-state index < -0.39 is 5.60 Å². The maximum atomic E-state index is 6.10. The van der Waals surface area contributed by atoms with E-state index in [1.807, 2.05) is 6.92 Å². The molecule has 5 nitrogen and oxygen atoms in total. The van der Waals surface area contributed by atoms with Gasteiger partial charge in [0.15, 0.2) is 5.82 Å². The van der Waals surface area contributed by atoms with Gasteiger partial charge in [0.1, 0.15) is 11.4 Å². The van der Waals surface area contributed by atoms with Crippen LogP contribution in [0.3, 0.4) is 0 Å². The molecule has 1 saturated carbocycles. The molecule has 0 spiro atoms. The molecule has 1 aromatic heterocycles. The summed E-state index contributed by atoms with van der Waals surface area (Å²) >= 11 is 3.43. The minimum atomic E-state index is -0.404. The van der Waals surface area contributed by atoms with Crippen LogP contribution in [-0.2, 0) is 21.7 Å². The molecule has 0 radical (unpaired) electrons. The van der Waals surface area contributed by atoms with Gasteiger partial charge in [-0.2, -0.15) is 0 Å². The van der Waals surface area contributed by atoms with E-state index in [-0.39, 0.29) is 0 Å². The summed E-state index contributed by atoms with van der Waals surface area (Å²) in [5.41, 5.74) is 6.40. The quantitative estimate of drug-likeness (QED) is 0.874. The van der Waals surface area contributed by atoms with Gasteiger partial charge in [0, 0.05) is 13.7 Å². The van der Waals surface area contributed by atoms with Crippen molar-refractivity contribution in [2.75, 3.05) is 19.5 Å². The summed E-state index contributed by atoms with van der Waals surface area (Å²) in [6.45, 7) is 5.34. The fourth-order valence-corrected chi connectivity index (χ4v) is 3.18. The highest BCUT2D eigenvalue weighted by molar-refractivity contribution is 9.10. The normalized spacial score (nSPS) is 26.0. The zero-order valence-electron chi connectivity index (χ0n) is 13.0. The van der Waals surface area contributed by atoms with Crippen molar-refractivity contribution < 1.29 is 9.47 Å². The van der Waals surface area contributed by atoms with Crippen molar-refractivity contribution in [1.29, 1.82) is 0 Å². The van der Waals surface area contributed by atoms with Crippen LogP contribution in [-0.4, -0.2) is 23.7 Å². The van der Waals surface area contributed by atoms with Gasteiger partial charge in [-0.25, -0.2) is 9.97 Å². The van der Waals surface area contributed by atoms with Gasteiger partial charge in [0.2, 0.25) is 0 Å². The molecular formula is C15H24BrN3O2. The Morgan fingerprint density at radius 3 is 2.57 bits per heavy atom. The summed E-state index contributed by atoms with van der Waals surface area (Å²) in [5, 5.41) is 0. The van der Waals surface area contributed by atoms with Gasteiger partial charge in [-0.05, 0) is 54.5 Å². The minimum Gasteiger partial charge on any atom is -0.383 e. The molecule has 1 aliphatic rings. The van der Waals surface area contributed by atoms with Gasteiger partial charge in [-0.3, -0.25) is 0 Å². The van der Waals surface area contributed by atoms with E-state index in [1.165, 1.54) is 0 Å². The highest BCUT2D eigenvalue weighted by Gasteiger charge is 2.40. The molecule has 0 aliphatic heterocycles. The lowest BCUT2D eigenvalue weighted by Gasteiger charge is -2.38. The molecule has 1 fully saturated rings. The van der Waals surface area contributed by atoms with E-state index in [1.54, 1.807) is 7.11 Å². The number of methoxy groups -OCH3 is 1. The first-order valence-electron chi connectivity index (χ1n) is 7.47. The lowest BCUT2D eigenvalue weighted by molar-refractivity contribution is -0.0838. The number of anilines is 1. The third kappa shape index (κ3) is 3.55. The third-order valence-corrected chi connectivity index (χ3v) is 5.00. The van der Waals surface area contributed by atoms with Gasteiger partial charge in [-0.15, -0.1) is 0 Å². The van der Waals surface area contributed by atoms with Crippen LogP contribution in [0.25, 0.3) is 0 Å². The number of hydrogen-bond donors (Lipinski definition) is 1. The minimum absolute atomic E-state index is 0.402. The van der Waals surface area contributed by atoms with Crippen molar-refractivity contribution in [3.05, 3.63) is 16.0 Å². The van der Waals surface area contributed by atoms with E-state index in [9.17, 15) is 0 Å². The second kappa shape index (κ2) is 7.03. The van der Waals surface area contributed by atoms with Gasteiger partial charge in [-0.1, -0.05) is 6.92 Å². The van der Waals surface area contributed by atoms with Crippen LogP contribution in [0.1, 0.15) is 51.0 Å². The molecule has 1 aliphatic carbocycles. The predicted octanol–water partition coefficient (Wildman–Crippen LogP) is 3.41. The Morgan fingerprint density at radius 2 is 2.00 bits per heavy atom. The van der Waals surface area contributed by atoms with Crippen molar-refractivity contribution in [3.8, 4) is 0 Å². The number of aromatic nitrogens is 2. The molecule has 0 saturated heterocycles. The van der Waals surface area contributed by atoms with Crippen LogP contribution in [0.15, 0.2) is 4.47 Å². The topological polar surface area (TPSA) is 70.3 Å². The lowest BCUT2D eigenvalue weighted by atomic mass is 9.78.